The molecule has 0 aromatic heterocycles. The molecule has 5 nitrogen and oxygen atoms in total. The highest BCUT2D eigenvalue weighted by molar-refractivity contribution is 5.87. The molecule has 0 saturated carbocycles. The van der Waals surface area contributed by atoms with Crippen molar-refractivity contribution in [3.8, 4) is 12.3 Å². The van der Waals surface area contributed by atoms with Crippen LogP contribution in [0.3, 0.4) is 0 Å². The lowest BCUT2D eigenvalue weighted by Gasteiger charge is -2.22. The number of hydrogen-bond acceptors (Lipinski definition) is 3. The zero-order chi connectivity index (χ0) is 11.8. The van der Waals surface area contributed by atoms with Crippen LogP contribution in [0.5, 0.6) is 0 Å². The molecule has 4 N–H and O–H groups in total. The third-order valence-corrected chi connectivity index (χ3v) is 1.83. The average molecular weight is 211 g/mol. The van der Waals surface area contributed by atoms with Crippen molar-refractivity contribution < 1.29 is 9.59 Å². The van der Waals surface area contributed by atoms with Gasteiger partial charge in [0.1, 0.15) is 0 Å². The minimum Gasteiger partial charge on any atom is -0.370 e. The van der Waals surface area contributed by atoms with Crippen molar-refractivity contribution in [1.29, 1.82) is 0 Å². The van der Waals surface area contributed by atoms with Crippen molar-refractivity contribution in [2.45, 2.75) is 25.8 Å². The standard InChI is InChI=1S/C10H17N3O2/c1-3-5-13(6-4-2)10(15)8(11)7-9(12)14/h1,8H,4-7,11H2,2H3,(H2,12,14). The molecule has 1 unspecified atom stereocenters. The molecule has 0 fully saturated rings. The average Bonchev–Trinajstić information content (AvgIpc) is 2.15. The predicted molar refractivity (Wildman–Crippen MR) is 57.5 cm³/mol. The fourth-order valence-corrected chi connectivity index (χ4v) is 1.19. The molecule has 0 radical (unpaired) electrons. The Labute approximate surface area is 89.8 Å². The van der Waals surface area contributed by atoms with Crippen molar-refractivity contribution in [3.63, 3.8) is 0 Å². The Morgan fingerprint density at radius 3 is 2.53 bits per heavy atom. The summed E-state index contributed by atoms with van der Waals surface area (Å²) >= 11 is 0. The molecule has 0 spiro atoms. The van der Waals surface area contributed by atoms with Gasteiger partial charge in [0.15, 0.2) is 0 Å². The highest BCUT2D eigenvalue weighted by Gasteiger charge is 2.21. The summed E-state index contributed by atoms with van der Waals surface area (Å²) in [6.07, 6.45) is 5.76. The first kappa shape index (κ1) is 13.5. The van der Waals surface area contributed by atoms with E-state index in [1.165, 1.54) is 4.90 Å². The first-order chi connectivity index (χ1) is 7.02. The van der Waals surface area contributed by atoms with E-state index < -0.39 is 11.9 Å². The molecule has 0 rings (SSSR count). The van der Waals surface area contributed by atoms with E-state index >= 15 is 0 Å². The van der Waals surface area contributed by atoms with Crippen molar-refractivity contribution in [1.82, 2.24) is 4.90 Å². The van der Waals surface area contributed by atoms with Crippen LogP contribution >= 0.6 is 0 Å². The van der Waals surface area contributed by atoms with Crippen molar-refractivity contribution >= 4 is 11.8 Å². The SMILES string of the molecule is C#CCN(CCC)C(=O)C(N)CC(N)=O. The lowest BCUT2D eigenvalue weighted by atomic mass is 10.2. The number of carbonyl (C=O) groups excluding carboxylic acids is 2. The van der Waals surface area contributed by atoms with E-state index in [1.807, 2.05) is 6.92 Å². The third kappa shape index (κ3) is 5.03. The van der Waals surface area contributed by atoms with Gasteiger partial charge in [-0.2, -0.15) is 0 Å². The van der Waals surface area contributed by atoms with Gasteiger partial charge < -0.3 is 16.4 Å². The molecule has 84 valence electrons. The van der Waals surface area contributed by atoms with Crippen molar-refractivity contribution in [2.24, 2.45) is 11.5 Å². The predicted octanol–water partition coefficient (Wildman–Crippen LogP) is -0.939. The molecular weight excluding hydrogens is 194 g/mol. The van der Waals surface area contributed by atoms with Gasteiger partial charge in [0.25, 0.3) is 0 Å². The second kappa shape index (κ2) is 6.85. The van der Waals surface area contributed by atoms with Crippen LogP contribution in [0.4, 0.5) is 0 Å². The molecule has 2 amide bonds. The fraction of sp³-hybridized carbons (Fsp3) is 0.600. The molecule has 0 aliphatic heterocycles. The Hall–Kier alpha value is -1.54. The van der Waals surface area contributed by atoms with Gasteiger partial charge in [0.05, 0.1) is 19.0 Å². The molecule has 0 bridgehead atoms. The zero-order valence-electron chi connectivity index (χ0n) is 8.90. The number of nitrogens with two attached hydrogens (primary N) is 2. The van der Waals surface area contributed by atoms with Gasteiger partial charge in [-0.3, -0.25) is 9.59 Å². The van der Waals surface area contributed by atoms with Gasteiger partial charge in [-0.05, 0) is 6.42 Å². The largest absolute Gasteiger partial charge is 0.370 e. The van der Waals surface area contributed by atoms with E-state index in [9.17, 15) is 9.59 Å². The summed E-state index contributed by atoms with van der Waals surface area (Å²) in [5, 5.41) is 0. The third-order valence-electron chi connectivity index (χ3n) is 1.83. The van der Waals surface area contributed by atoms with Gasteiger partial charge >= 0.3 is 0 Å². The summed E-state index contributed by atoms with van der Waals surface area (Å²) in [4.78, 5) is 23.7. The molecule has 1 atom stereocenters. The molecule has 5 heteroatoms. The Kier molecular flexibility index (Phi) is 6.14. The van der Waals surface area contributed by atoms with Crippen LogP contribution in [-0.2, 0) is 9.59 Å². The second-order valence-corrected chi connectivity index (χ2v) is 3.24. The summed E-state index contributed by atoms with van der Waals surface area (Å²) in [6, 6.07) is -0.887. The molecule has 0 aromatic carbocycles. The maximum Gasteiger partial charge on any atom is 0.240 e. The molecule has 0 heterocycles. The maximum atomic E-state index is 11.7. The Morgan fingerprint density at radius 1 is 1.53 bits per heavy atom. The van der Waals surface area contributed by atoms with Crippen LogP contribution in [0, 0.1) is 12.3 Å². The van der Waals surface area contributed by atoms with Gasteiger partial charge in [0.2, 0.25) is 11.8 Å². The maximum absolute atomic E-state index is 11.7. The number of primary amides is 1. The highest BCUT2D eigenvalue weighted by Crippen LogP contribution is 1.98. The van der Waals surface area contributed by atoms with E-state index in [-0.39, 0.29) is 18.9 Å². The van der Waals surface area contributed by atoms with Gasteiger partial charge in [-0.15, -0.1) is 6.42 Å². The molecular formula is C10H17N3O2. The van der Waals surface area contributed by atoms with E-state index in [0.717, 1.165) is 6.42 Å². The Balaban J connectivity index is 4.35. The summed E-state index contributed by atoms with van der Waals surface area (Å²) in [7, 11) is 0. The van der Waals surface area contributed by atoms with Gasteiger partial charge in [0, 0.05) is 6.54 Å². The van der Waals surface area contributed by atoms with Crippen molar-refractivity contribution in [2.75, 3.05) is 13.1 Å². The Morgan fingerprint density at radius 2 is 2.13 bits per heavy atom. The lowest BCUT2D eigenvalue weighted by Crippen LogP contribution is -2.46. The summed E-state index contributed by atoms with van der Waals surface area (Å²) in [5.41, 5.74) is 10.5. The van der Waals surface area contributed by atoms with Crippen LogP contribution < -0.4 is 11.5 Å². The van der Waals surface area contributed by atoms with E-state index in [4.69, 9.17) is 17.9 Å². The minimum absolute atomic E-state index is 0.149. The van der Waals surface area contributed by atoms with Crippen molar-refractivity contribution in [3.05, 3.63) is 0 Å². The normalized spacial score (nSPS) is 11.5. The number of carbonyl (C=O) groups is 2. The summed E-state index contributed by atoms with van der Waals surface area (Å²) in [5.74, 6) is 1.46. The van der Waals surface area contributed by atoms with E-state index in [0.29, 0.717) is 6.54 Å². The number of amides is 2. The topological polar surface area (TPSA) is 89.4 Å². The van der Waals surface area contributed by atoms with E-state index in [2.05, 4.69) is 5.92 Å². The number of nitrogens with zero attached hydrogens (tertiary/aromatic N) is 1. The summed E-state index contributed by atoms with van der Waals surface area (Å²) in [6.45, 7) is 2.67. The summed E-state index contributed by atoms with van der Waals surface area (Å²) < 4.78 is 0. The lowest BCUT2D eigenvalue weighted by molar-refractivity contribution is -0.134. The zero-order valence-corrected chi connectivity index (χ0v) is 8.90. The minimum atomic E-state index is -0.887. The van der Waals surface area contributed by atoms with E-state index in [1.54, 1.807) is 0 Å². The molecule has 0 aliphatic carbocycles. The van der Waals surface area contributed by atoms with Crippen LogP contribution in [0.15, 0.2) is 0 Å². The Bertz CT molecular complexity index is 270. The van der Waals surface area contributed by atoms with Crippen LogP contribution in [-0.4, -0.2) is 35.8 Å². The number of hydrogen-bond donors (Lipinski definition) is 2. The quantitative estimate of drug-likeness (QED) is 0.556. The van der Waals surface area contributed by atoms with Crippen LogP contribution in [0.25, 0.3) is 0 Å². The molecule has 15 heavy (non-hydrogen) atoms. The number of rotatable bonds is 6. The fourth-order valence-electron chi connectivity index (χ4n) is 1.19. The number of terminal acetylenes is 1. The van der Waals surface area contributed by atoms with Gasteiger partial charge in [-0.25, -0.2) is 0 Å². The monoisotopic (exact) mass is 211 g/mol. The molecule has 0 aliphatic rings. The van der Waals surface area contributed by atoms with Gasteiger partial charge in [-0.1, -0.05) is 12.8 Å². The first-order valence-electron chi connectivity index (χ1n) is 4.79. The van der Waals surface area contributed by atoms with Crippen LogP contribution in [0.2, 0.25) is 0 Å². The smallest absolute Gasteiger partial charge is 0.240 e. The second-order valence-electron chi connectivity index (χ2n) is 3.24. The highest BCUT2D eigenvalue weighted by atomic mass is 16.2. The first-order valence-corrected chi connectivity index (χ1v) is 4.79. The molecule has 0 aromatic rings. The van der Waals surface area contributed by atoms with Crippen LogP contribution in [0.1, 0.15) is 19.8 Å². The molecule has 0 saturated heterocycles.